The highest BCUT2D eigenvalue weighted by atomic mass is 15.3. The zero-order chi connectivity index (χ0) is 28.1. The molecule has 1 saturated heterocycles. The number of fused-ring (bicyclic) bond motifs is 2. The Morgan fingerprint density at radius 1 is 0.878 bits per heavy atom. The van der Waals surface area contributed by atoms with Gasteiger partial charge in [0.05, 0.1) is 16.4 Å². The lowest BCUT2D eigenvalue weighted by Gasteiger charge is -2.41. The number of benzene rings is 2. The molecule has 0 amide bonds. The number of hydrogen-bond donors (Lipinski definition) is 3. The van der Waals surface area contributed by atoms with Crippen LogP contribution in [0.5, 0.6) is 0 Å². The first-order chi connectivity index (χ1) is 19.9. The number of rotatable bonds is 5. The highest BCUT2D eigenvalue weighted by molar-refractivity contribution is 6.00. The molecule has 2 fully saturated rings. The van der Waals surface area contributed by atoms with Crippen LogP contribution in [0.3, 0.4) is 0 Å². The van der Waals surface area contributed by atoms with Crippen LogP contribution < -0.4 is 11.1 Å². The number of likely N-dealkylation sites (N-methyl/N-ethyl adjacent to an activating group) is 1. The zero-order valence-electron chi connectivity index (χ0n) is 24.2. The minimum absolute atomic E-state index is 0.421. The number of aromatic nitrogens is 5. The molecule has 0 unspecified atom stereocenters. The number of H-pyrrole nitrogens is 1. The summed E-state index contributed by atoms with van der Waals surface area (Å²) >= 11 is 0. The lowest BCUT2D eigenvalue weighted by molar-refractivity contribution is 0.0828. The highest BCUT2D eigenvalue weighted by Crippen LogP contribution is 2.39. The van der Waals surface area contributed by atoms with Crippen LogP contribution in [0, 0.1) is 13.8 Å². The Morgan fingerprint density at radius 3 is 2.32 bits per heavy atom. The monoisotopic (exact) mass is 549 g/mol. The molecule has 2 aliphatic rings. The van der Waals surface area contributed by atoms with Crippen LogP contribution in [0.2, 0.25) is 0 Å². The van der Waals surface area contributed by atoms with Crippen molar-refractivity contribution in [2.24, 2.45) is 0 Å². The van der Waals surface area contributed by atoms with Crippen LogP contribution in [0.1, 0.15) is 42.9 Å². The summed E-state index contributed by atoms with van der Waals surface area (Å²) in [6.45, 7) is 8.91. The van der Waals surface area contributed by atoms with E-state index in [1.54, 1.807) is 6.33 Å². The Labute approximate surface area is 240 Å². The predicted octanol–water partition coefficient (Wildman–Crippen LogP) is 5.65. The molecule has 41 heavy (non-hydrogen) atoms. The number of hydrogen-bond acceptors (Lipinski definition) is 7. The maximum atomic E-state index is 6.46. The second-order valence-electron chi connectivity index (χ2n) is 11.9. The molecule has 7 rings (SSSR count). The first-order valence-electron chi connectivity index (χ1n) is 14.8. The van der Waals surface area contributed by atoms with Crippen molar-refractivity contribution >= 4 is 39.5 Å². The zero-order valence-corrected chi connectivity index (χ0v) is 24.2. The summed E-state index contributed by atoms with van der Waals surface area (Å²) in [5, 5.41) is 4.38. The third kappa shape index (κ3) is 4.83. The first kappa shape index (κ1) is 26.0. The van der Waals surface area contributed by atoms with Crippen molar-refractivity contribution in [3.8, 4) is 11.1 Å². The van der Waals surface area contributed by atoms with Gasteiger partial charge >= 0.3 is 0 Å². The van der Waals surface area contributed by atoms with E-state index in [0.29, 0.717) is 17.9 Å². The molecule has 9 nitrogen and oxygen atoms in total. The van der Waals surface area contributed by atoms with Gasteiger partial charge in [-0.2, -0.15) is 0 Å². The molecule has 2 aromatic carbocycles. The maximum absolute atomic E-state index is 6.46. The molecule has 0 spiro atoms. The van der Waals surface area contributed by atoms with E-state index >= 15 is 0 Å². The molecule has 0 radical (unpaired) electrons. The number of piperazine rings is 1. The molecule has 1 saturated carbocycles. The van der Waals surface area contributed by atoms with Gasteiger partial charge in [0.15, 0.2) is 0 Å². The topological polar surface area (TPSA) is 104 Å². The predicted molar refractivity (Wildman–Crippen MR) is 167 cm³/mol. The van der Waals surface area contributed by atoms with Gasteiger partial charge in [-0.15, -0.1) is 0 Å². The minimum Gasteiger partial charge on any atom is -0.383 e. The van der Waals surface area contributed by atoms with Gasteiger partial charge in [0.2, 0.25) is 5.95 Å². The molecule has 0 bridgehead atoms. The highest BCUT2D eigenvalue weighted by Gasteiger charge is 2.30. The Bertz CT molecular complexity index is 1650. The fourth-order valence-corrected chi connectivity index (χ4v) is 6.78. The van der Waals surface area contributed by atoms with E-state index in [2.05, 4.69) is 93.1 Å². The number of nitrogens with zero attached hydrogens (tertiary/aromatic N) is 6. The van der Waals surface area contributed by atoms with Crippen molar-refractivity contribution in [2.75, 3.05) is 44.3 Å². The minimum atomic E-state index is 0.421. The Hall–Kier alpha value is -3.95. The number of aryl methyl sites for hydroxylation is 2. The number of nitrogens with one attached hydrogen (secondary N) is 2. The average molecular weight is 550 g/mol. The fraction of sp³-hybridized carbons (Fsp3) is 0.406. The van der Waals surface area contributed by atoms with E-state index in [0.717, 1.165) is 63.2 Å². The standard InChI is InChI=1S/C32H39N9/c1-20-4-5-21(2)29-28(20)37-32(38-29)36-23-8-6-22(7-9-23)26-18-41(31-27(26)30(33)34-19-35-31)25-12-10-24(11-13-25)40-16-14-39(3)15-17-40/h4-9,18-19,24-25H,10-17H2,1-3H3,(H2,33,34,35)(H2,36,37,38)/t24-,25+. The van der Waals surface area contributed by atoms with Crippen molar-refractivity contribution in [1.82, 2.24) is 34.3 Å². The van der Waals surface area contributed by atoms with Gasteiger partial charge in [0.1, 0.15) is 17.8 Å². The summed E-state index contributed by atoms with van der Waals surface area (Å²) in [6, 6.07) is 13.8. The smallest absolute Gasteiger partial charge is 0.205 e. The van der Waals surface area contributed by atoms with E-state index in [4.69, 9.17) is 15.7 Å². The summed E-state index contributed by atoms with van der Waals surface area (Å²) in [5.74, 6) is 1.27. The number of nitrogen functional groups attached to an aromatic ring is 1. The third-order valence-electron chi connectivity index (χ3n) is 9.27. The lowest BCUT2D eigenvalue weighted by atomic mass is 9.89. The summed E-state index contributed by atoms with van der Waals surface area (Å²) in [5.41, 5.74) is 15.0. The molecule has 0 atom stereocenters. The molecule has 3 aromatic heterocycles. The molecular weight excluding hydrogens is 510 g/mol. The Kier molecular flexibility index (Phi) is 6.63. The summed E-state index contributed by atoms with van der Waals surface area (Å²) < 4.78 is 2.37. The number of anilines is 3. The molecule has 1 aliphatic carbocycles. The second-order valence-corrected chi connectivity index (χ2v) is 11.9. The van der Waals surface area contributed by atoms with Crippen molar-refractivity contribution in [2.45, 2.75) is 51.6 Å². The van der Waals surface area contributed by atoms with Crippen LogP contribution in [0.15, 0.2) is 48.9 Å². The van der Waals surface area contributed by atoms with E-state index in [9.17, 15) is 0 Å². The van der Waals surface area contributed by atoms with E-state index in [1.165, 1.54) is 44.6 Å². The fourth-order valence-electron chi connectivity index (χ4n) is 6.78. The van der Waals surface area contributed by atoms with Gasteiger partial charge < -0.3 is 25.5 Å². The Morgan fingerprint density at radius 2 is 1.59 bits per heavy atom. The van der Waals surface area contributed by atoms with E-state index in [-0.39, 0.29) is 0 Å². The summed E-state index contributed by atoms with van der Waals surface area (Å²) in [6.07, 6.45) is 8.62. The summed E-state index contributed by atoms with van der Waals surface area (Å²) in [4.78, 5) is 22.4. The molecule has 212 valence electrons. The SMILES string of the molecule is Cc1ccc(C)c2[nH]c(Nc3ccc(-c4cn([C@H]5CC[C@@H](N6CCN(C)CC6)CC5)c5ncnc(N)c45)cc3)nc12. The van der Waals surface area contributed by atoms with Crippen LogP contribution in [0.25, 0.3) is 33.2 Å². The van der Waals surface area contributed by atoms with Gasteiger partial charge in [-0.25, -0.2) is 15.0 Å². The van der Waals surface area contributed by atoms with Crippen molar-refractivity contribution < 1.29 is 0 Å². The lowest BCUT2D eigenvalue weighted by Crippen LogP contribution is -2.49. The van der Waals surface area contributed by atoms with Crippen LogP contribution in [0.4, 0.5) is 17.5 Å². The van der Waals surface area contributed by atoms with Gasteiger partial charge in [-0.3, -0.25) is 4.90 Å². The summed E-state index contributed by atoms with van der Waals surface area (Å²) in [7, 11) is 2.23. The quantitative estimate of drug-likeness (QED) is 0.260. The number of nitrogens with two attached hydrogens (primary N) is 1. The Balaban J connectivity index is 1.13. The number of imidazole rings is 1. The van der Waals surface area contributed by atoms with E-state index < -0.39 is 0 Å². The molecular formula is C32H39N9. The van der Waals surface area contributed by atoms with Crippen LogP contribution in [-0.4, -0.2) is 73.6 Å². The van der Waals surface area contributed by atoms with Gasteiger partial charge in [-0.1, -0.05) is 24.3 Å². The van der Waals surface area contributed by atoms with Gasteiger partial charge in [-0.05, 0) is 75.4 Å². The van der Waals surface area contributed by atoms with E-state index in [1.807, 2.05) is 0 Å². The maximum Gasteiger partial charge on any atom is 0.205 e. The van der Waals surface area contributed by atoms with Crippen molar-refractivity contribution in [3.63, 3.8) is 0 Å². The molecule has 4 N–H and O–H groups in total. The largest absolute Gasteiger partial charge is 0.383 e. The molecule has 4 heterocycles. The van der Waals surface area contributed by atoms with Gasteiger partial charge in [0.25, 0.3) is 0 Å². The van der Waals surface area contributed by atoms with Crippen molar-refractivity contribution in [3.05, 3.63) is 60.0 Å². The molecule has 5 aromatic rings. The van der Waals surface area contributed by atoms with Crippen LogP contribution in [-0.2, 0) is 0 Å². The molecule has 1 aliphatic heterocycles. The van der Waals surface area contributed by atoms with Gasteiger partial charge in [0, 0.05) is 55.7 Å². The van der Waals surface area contributed by atoms with Crippen molar-refractivity contribution in [1.29, 1.82) is 0 Å². The second kappa shape index (κ2) is 10.5. The van der Waals surface area contributed by atoms with Crippen LogP contribution >= 0.6 is 0 Å². The average Bonchev–Trinajstić information content (AvgIpc) is 3.60. The molecule has 9 heteroatoms. The first-order valence-corrected chi connectivity index (χ1v) is 14.8. The normalized spacial score (nSPS) is 20.7. The number of aromatic amines is 1. The third-order valence-corrected chi connectivity index (χ3v) is 9.27.